The van der Waals surface area contributed by atoms with Crippen molar-refractivity contribution in [2.24, 2.45) is 0 Å². The summed E-state index contributed by atoms with van der Waals surface area (Å²) in [5.41, 5.74) is 1.22. The maximum atomic E-state index is 11.9. The molecule has 0 N–H and O–H groups in total. The van der Waals surface area contributed by atoms with Crippen molar-refractivity contribution in [3.05, 3.63) is 60.2 Å². The molecular weight excluding hydrogens is 252 g/mol. The molecule has 2 rings (SSSR count). The van der Waals surface area contributed by atoms with Gasteiger partial charge in [0.2, 0.25) is 0 Å². The zero-order valence-electron chi connectivity index (χ0n) is 12.0. The van der Waals surface area contributed by atoms with Gasteiger partial charge in [-0.05, 0) is 32.9 Å². The summed E-state index contributed by atoms with van der Waals surface area (Å²) in [6.45, 7) is 6.33. The Hall–Kier alpha value is -2.23. The van der Waals surface area contributed by atoms with E-state index in [2.05, 4.69) is 4.98 Å². The van der Waals surface area contributed by atoms with Crippen LogP contribution in [0.2, 0.25) is 0 Å². The van der Waals surface area contributed by atoms with Crippen LogP contribution in [0.1, 0.15) is 36.7 Å². The third-order valence-corrected chi connectivity index (χ3v) is 2.64. The zero-order valence-corrected chi connectivity index (χ0v) is 12.0. The highest BCUT2D eigenvalue weighted by Gasteiger charge is 2.17. The molecule has 0 amide bonds. The fourth-order valence-electron chi connectivity index (χ4n) is 1.75. The van der Waals surface area contributed by atoms with Gasteiger partial charge in [-0.3, -0.25) is 4.98 Å². The van der Waals surface area contributed by atoms with Crippen molar-refractivity contribution in [3.8, 4) is 0 Å². The molecule has 1 heterocycles. The summed E-state index contributed by atoms with van der Waals surface area (Å²) in [6.07, 6.45) is 7.30. The van der Waals surface area contributed by atoms with Gasteiger partial charge in [0, 0.05) is 5.56 Å². The molecule has 0 saturated carbocycles. The Morgan fingerprint density at radius 1 is 1.15 bits per heavy atom. The fourth-order valence-corrected chi connectivity index (χ4v) is 1.75. The standard InChI is InChI=1S/C16H19N2O2/c1-16(2,3)20-15(19)14-6-4-13(5-7-14)12-18-10-8-17-9-11-18/h4-11H,12H2,1-3H3/q+1. The van der Waals surface area contributed by atoms with Crippen LogP contribution in [0.3, 0.4) is 0 Å². The maximum Gasteiger partial charge on any atom is 0.338 e. The number of rotatable bonds is 3. The second-order valence-corrected chi connectivity index (χ2v) is 5.62. The minimum Gasteiger partial charge on any atom is -0.456 e. The Balaban J connectivity index is 2.05. The SMILES string of the molecule is CC(C)(C)OC(=O)c1ccc(C[n+]2ccncc2)cc1. The quantitative estimate of drug-likeness (QED) is 0.636. The number of hydrogen-bond acceptors (Lipinski definition) is 3. The molecule has 1 aromatic carbocycles. The van der Waals surface area contributed by atoms with Crippen LogP contribution in [0, 0.1) is 0 Å². The van der Waals surface area contributed by atoms with Crippen LogP contribution in [-0.2, 0) is 11.3 Å². The predicted octanol–water partition coefficient (Wildman–Crippen LogP) is 2.37. The van der Waals surface area contributed by atoms with E-state index in [0.717, 1.165) is 12.1 Å². The van der Waals surface area contributed by atoms with E-state index in [9.17, 15) is 4.79 Å². The van der Waals surface area contributed by atoms with E-state index in [-0.39, 0.29) is 5.97 Å². The maximum absolute atomic E-state index is 11.9. The third-order valence-electron chi connectivity index (χ3n) is 2.64. The van der Waals surface area contributed by atoms with Gasteiger partial charge in [-0.1, -0.05) is 12.1 Å². The van der Waals surface area contributed by atoms with Gasteiger partial charge >= 0.3 is 5.97 Å². The highest BCUT2D eigenvalue weighted by molar-refractivity contribution is 5.89. The number of benzene rings is 1. The van der Waals surface area contributed by atoms with Crippen molar-refractivity contribution in [2.45, 2.75) is 32.9 Å². The Labute approximate surface area is 119 Å². The van der Waals surface area contributed by atoms with Gasteiger partial charge in [0.25, 0.3) is 0 Å². The lowest BCUT2D eigenvalue weighted by Gasteiger charge is -2.19. The molecule has 1 aromatic heterocycles. The van der Waals surface area contributed by atoms with E-state index in [1.807, 2.05) is 49.9 Å². The summed E-state index contributed by atoms with van der Waals surface area (Å²) >= 11 is 0. The lowest BCUT2D eigenvalue weighted by molar-refractivity contribution is -0.688. The van der Waals surface area contributed by atoms with Crippen molar-refractivity contribution in [1.82, 2.24) is 4.98 Å². The second-order valence-electron chi connectivity index (χ2n) is 5.62. The number of esters is 1. The van der Waals surface area contributed by atoms with Crippen molar-refractivity contribution in [1.29, 1.82) is 0 Å². The Bertz CT molecular complexity index is 572. The minimum atomic E-state index is -0.470. The first-order chi connectivity index (χ1) is 9.44. The average molecular weight is 271 g/mol. The van der Waals surface area contributed by atoms with Crippen LogP contribution in [-0.4, -0.2) is 16.6 Å². The van der Waals surface area contributed by atoms with Gasteiger partial charge in [-0.15, -0.1) is 0 Å². The molecule has 4 heteroatoms. The molecule has 0 unspecified atom stereocenters. The molecule has 0 bridgehead atoms. The monoisotopic (exact) mass is 271 g/mol. The molecule has 0 aliphatic carbocycles. The van der Waals surface area contributed by atoms with Crippen LogP contribution in [0.25, 0.3) is 0 Å². The summed E-state index contributed by atoms with van der Waals surface area (Å²) in [6, 6.07) is 7.47. The van der Waals surface area contributed by atoms with Crippen molar-refractivity contribution in [2.75, 3.05) is 0 Å². The van der Waals surface area contributed by atoms with Crippen LogP contribution in [0.4, 0.5) is 0 Å². The van der Waals surface area contributed by atoms with E-state index in [4.69, 9.17) is 4.74 Å². The summed E-state index contributed by atoms with van der Waals surface area (Å²) < 4.78 is 7.35. The average Bonchev–Trinajstić information content (AvgIpc) is 2.39. The van der Waals surface area contributed by atoms with E-state index in [0.29, 0.717) is 5.56 Å². The Morgan fingerprint density at radius 3 is 2.30 bits per heavy atom. The highest BCUT2D eigenvalue weighted by atomic mass is 16.6. The molecule has 0 radical (unpaired) electrons. The second kappa shape index (κ2) is 5.82. The number of carbonyl (C=O) groups excluding carboxylic acids is 1. The Kier molecular flexibility index (Phi) is 4.13. The number of nitrogens with zero attached hydrogens (tertiary/aromatic N) is 2. The van der Waals surface area contributed by atoms with E-state index < -0.39 is 5.60 Å². The normalized spacial score (nSPS) is 11.2. The van der Waals surface area contributed by atoms with Gasteiger partial charge in [0.15, 0.2) is 18.9 Å². The summed E-state index contributed by atoms with van der Waals surface area (Å²) in [5.74, 6) is -0.291. The van der Waals surface area contributed by atoms with Crippen molar-refractivity contribution < 1.29 is 14.1 Å². The van der Waals surface area contributed by atoms with Crippen molar-refractivity contribution in [3.63, 3.8) is 0 Å². The topological polar surface area (TPSA) is 43.1 Å². The lowest BCUT2D eigenvalue weighted by Crippen LogP contribution is -2.33. The minimum absolute atomic E-state index is 0.291. The van der Waals surface area contributed by atoms with Crippen LogP contribution < -0.4 is 4.57 Å². The smallest absolute Gasteiger partial charge is 0.338 e. The van der Waals surface area contributed by atoms with Crippen LogP contribution in [0.5, 0.6) is 0 Å². The molecule has 0 spiro atoms. The van der Waals surface area contributed by atoms with Gasteiger partial charge in [0.05, 0.1) is 18.0 Å². The van der Waals surface area contributed by atoms with Crippen LogP contribution in [0.15, 0.2) is 49.1 Å². The fraction of sp³-hybridized carbons (Fsp3) is 0.312. The van der Waals surface area contributed by atoms with Gasteiger partial charge in [0.1, 0.15) is 5.60 Å². The molecule has 104 valence electrons. The van der Waals surface area contributed by atoms with Gasteiger partial charge < -0.3 is 4.74 Å². The molecule has 2 aromatic rings. The van der Waals surface area contributed by atoms with Crippen LogP contribution >= 0.6 is 0 Å². The highest BCUT2D eigenvalue weighted by Crippen LogP contribution is 2.12. The van der Waals surface area contributed by atoms with Gasteiger partial charge in [-0.25, -0.2) is 4.79 Å². The Morgan fingerprint density at radius 2 is 1.75 bits per heavy atom. The first-order valence-electron chi connectivity index (χ1n) is 6.55. The van der Waals surface area contributed by atoms with E-state index in [1.165, 1.54) is 0 Å². The molecule has 0 fully saturated rings. The van der Waals surface area contributed by atoms with Crippen molar-refractivity contribution >= 4 is 5.97 Å². The first kappa shape index (κ1) is 14.2. The molecule has 0 atom stereocenters. The largest absolute Gasteiger partial charge is 0.456 e. The van der Waals surface area contributed by atoms with E-state index >= 15 is 0 Å². The summed E-state index contributed by atoms with van der Waals surface area (Å²) in [5, 5.41) is 0. The zero-order chi connectivity index (χ0) is 14.6. The number of aromatic nitrogens is 2. The first-order valence-corrected chi connectivity index (χ1v) is 6.55. The molecule has 0 aliphatic heterocycles. The van der Waals surface area contributed by atoms with E-state index in [1.54, 1.807) is 24.5 Å². The number of hydrogen-bond donors (Lipinski definition) is 0. The summed E-state index contributed by atoms with van der Waals surface area (Å²) in [4.78, 5) is 15.9. The van der Waals surface area contributed by atoms with Gasteiger partial charge in [-0.2, -0.15) is 4.57 Å². The molecule has 0 saturated heterocycles. The molecule has 20 heavy (non-hydrogen) atoms. The number of ether oxygens (including phenoxy) is 1. The molecule has 0 aliphatic rings. The third kappa shape index (κ3) is 4.16. The number of carbonyl (C=O) groups is 1. The predicted molar refractivity (Wildman–Crippen MR) is 75.1 cm³/mol. The molecule has 4 nitrogen and oxygen atoms in total. The molecular formula is C16H19N2O2+. The summed E-state index contributed by atoms with van der Waals surface area (Å²) in [7, 11) is 0. The lowest BCUT2D eigenvalue weighted by atomic mass is 10.1.